The lowest BCUT2D eigenvalue weighted by Gasteiger charge is -2.18. The number of hydrogen-bond acceptors (Lipinski definition) is 3. The normalized spacial score (nSPS) is 11.3. The largest absolute Gasteiger partial charge is 0.457 e. The fraction of sp³-hybridized carbons (Fsp3) is 0.0909. The molecule has 6 nitrogen and oxygen atoms in total. The van der Waals surface area contributed by atoms with Crippen LogP contribution in [-0.2, 0) is 4.79 Å². The van der Waals surface area contributed by atoms with Gasteiger partial charge in [-0.2, -0.15) is 0 Å². The lowest BCUT2D eigenvalue weighted by Crippen LogP contribution is -2.35. The second-order valence-electron chi connectivity index (χ2n) is 6.27. The summed E-state index contributed by atoms with van der Waals surface area (Å²) in [6, 6.07) is 20.3. The Morgan fingerprint density at radius 3 is 2.17 bits per heavy atom. The van der Waals surface area contributed by atoms with Gasteiger partial charge in [-0.15, -0.1) is 0 Å². The molecule has 0 aliphatic rings. The highest BCUT2D eigenvalue weighted by molar-refractivity contribution is 5.91. The Hall–Kier alpha value is -3.87. The van der Waals surface area contributed by atoms with Crippen molar-refractivity contribution in [3.63, 3.8) is 0 Å². The van der Waals surface area contributed by atoms with Crippen molar-refractivity contribution in [2.24, 2.45) is 5.73 Å². The Bertz CT molecular complexity index is 978. The van der Waals surface area contributed by atoms with Crippen molar-refractivity contribution in [2.75, 3.05) is 5.32 Å². The number of rotatable bonds is 7. The van der Waals surface area contributed by atoms with Crippen LogP contribution in [0.4, 0.5) is 14.9 Å². The second kappa shape index (κ2) is 9.36. The Morgan fingerprint density at radius 2 is 1.52 bits per heavy atom. The molecule has 3 aromatic carbocycles. The quantitative estimate of drug-likeness (QED) is 0.557. The first kappa shape index (κ1) is 19.9. The number of nitrogens with one attached hydrogen (secondary N) is 2. The van der Waals surface area contributed by atoms with Gasteiger partial charge in [-0.1, -0.05) is 36.4 Å². The van der Waals surface area contributed by atoms with Gasteiger partial charge in [0.1, 0.15) is 17.3 Å². The number of amides is 3. The maximum Gasteiger partial charge on any atom is 0.312 e. The van der Waals surface area contributed by atoms with Crippen LogP contribution in [0.25, 0.3) is 0 Å². The maximum absolute atomic E-state index is 14.1. The summed E-state index contributed by atoms with van der Waals surface area (Å²) in [7, 11) is 0. The number of nitrogens with two attached hydrogens (primary N) is 1. The van der Waals surface area contributed by atoms with Crippen molar-refractivity contribution >= 4 is 17.6 Å². The standard InChI is InChI=1S/C22H20FN3O3/c23-19-9-5-4-8-18(19)20(26-22(24)28)14-21(27)25-15-10-12-17(13-11-15)29-16-6-2-1-3-7-16/h1-13,20H,14H2,(H,25,27)(H3,24,26,28). The number of ether oxygens (including phenoxy) is 1. The van der Waals surface area contributed by atoms with Gasteiger partial charge in [0.2, 0.25) is 5.91 Å². The SMILES string of the molecule is NC(=O)NC(CC(=O)Nc1ccc(Oc2ccccc2)cc1)c1ccccc1F. The molecule has 0 heterocycles. The predicted octanol–water partition coefficient (Wildman–Crippen LogP) is 4.36. The average molecular weight is 393 g/mol. The molecule has 0 aliphatic carbocycles. The first-order valence-electron chi connectivity index (χ1n) is 8.94. The molecular weight excluding hydrogens is 373 g/mol. The smallest absolute Gasteiger partial charge is 0.312 e. The first-order valence-corrected chi connectivity index (χ1v) is 8.94. The molecule has 7 heteroatoms. The molecule has 0 saturated heterocycles. The van der Waals surface area contributed by atoms with E-state index in [4.69, 9.17) is 10.5 Å². The van der Waals surface area contributed by atoms with Crippen LogP contribution in [0.15, 0.2) is 78.9 Å². The zero-order valence-electron chi connectivity index (χ0n) is 15.5. The van der Waals surface area contributed by atoms with E-state index in [9.17, 15) is 14.0 Å². The molecule has 148 valence electrons. The third kappa shape index (κ3) is 5.80. The minimum absolute atomic E-state index is 0.174. The molecule has 0 aromatic heterocycles. The summed E-state index contributed by atoms with van der Waals surface area (Å²) in [6.07, 6.45) is -0.174. The van der Waals surface area contributed by atoms with E-state index in [0.717, 1.165) is 0 Å². The fourth-order valence-electron chi connectivity index (χ4n) is 2.80. The number of carbonyl (C=O) groups is 2. The van der Waals surface area contributed by atoms with Crippen molar-refractivity contribution in [1.82, 2.24) is 5.32 Å². The molecule has 0 saturated carbocycles. The summed E-state index contributed by atoms with van der Waals surface area (Å²) in [5, 5.41) is 5.12. The predicted molar refractivity (Wildman–Crippen MR) is 108 cm³/mol. The highest BCUT2D eigenvalue weighted by atomic mass is 19.1. The van der Waals surface area contributed by atoms with Crippen LogP contribution in [0, 0.1) is 5.82 Å². The number of halogens is 1. The van der Waals surface area contributed by atoms with Crippen molar-refractivity contribution in [3.8, 4) is 11.5 Å². The third-order valence-electron chi connectivity index (χ3n) is 4.10. The first-order chi connectivity index (χ1) is 14.0. The third-order valence-corrected chi connectivity index (χ3v) is 4.10. The van der Waals surface area contributed by atoms with Crippen LogP contribution >= 0.6 is 0 Å². The Morgan fingerprint density at radius 1 is 0.897 bits per heavy atom. The lowest BCUT2D eigenvalue weighted by molar-refractivity contribution is -0.116. The topological polar surface area (TPSA) is 93.5 Å². The van der Waals surface area contributed by atoms with Crippen LogP contribution in [0.5, 0.6) is 11.5 Å². The Kier molecular flexibility index (Phi) is 6.42. The van der Waals surface area contributed by atoms with Crippen LogP contribution in [-0.4, -0.2) is 11.9 Å². The van der Waals surface area contributed by atoms with E-state index < -0.39 is 23.8 Å². The summed E-state index contributed by atoms with van der Waals surface area (Å²) in [5.74, 6) is 0.397. The Labute approximate surface area is 167 Å². The van der Waals surface area contributed by atoms with Gasteiger partial charge in [0.15, 0.2) is 0 Å². The molecule has 0 bridgehead atoms. The summed E-state index contributed by atoms with van der Waals surface area (Å²) < 4.78 is 19.8. The van der Waals surface area contributed by atoms with Gasteiger partial charge in [0.25, 0.3) is 0 Å². The van der Waals surface area contributed by atoms with Gasteiger partial charge in [0.05, 0.1) is 12.5 Å². The molecule has 3 rings (SSSR count). The van der Waals surface area contributed by atoms with E-state index in [0.29, 0.717) is 17.2 Å². The van der Waals surface area contributed by atoms with Crippen LogP contribution in [0.1, 0.15) is 18.0 Å². The van der Waals surface area contributed by atoms with E-state index in [1.54, 1.807) is 30.3 Å². The van der Waals surface area contributed by atoms with Crippen molar-refractivity contribution in [1.29, 1.82) is 0 Å². The average Bonchev–Trinajstić information content (AvgIpc) is 2.70. The van der Waals surface area contributed by atoms with Crippen LogP contribution < -0.4 is 21.1 Å². The summed E-state index contributed by atoms with van der Waals surface area (Å²) in [5.41, 5.74) is 5.90. The lowest BCUT2D eigenvalue weighted by atomic mass is 10.0. The summed E-state index contributed by atoms with van der Waals surface area (Å²) in [6.45, 7) is 0. The minimum atomic E-state index is -0.880. The van der Waals surface area contributed by atoms with Crippen molar-refractivity contribution < 1.29 is 18.7 Å². The van der Waals surface area contributed by atoms with E-state index in [2.05, 4.69) is 10.6 Å². The highest BCUT2D eigenvalue weighted by Gasteiger charge is 2.20. The Balaban J connectivity index is 1.64. The molecule has 0 spiro atoms. The number of anilines is 1. The van der Waals surface area contributed by atoms with Gasteiger partial charge in [-0.25, -0.2) is 9.18 Å². The van der Waals surface area contributed by atoms with Crippen LogP contribution in [0.3, 0.4) is 0 Å². The molecule has 1 unspecified atom stereocenters. The molecule has 0 aliphatic heterocycles. The molecular formula is C22H20FN3O3. The van der Waals surface area contributed by atoms with E-state index in [1.165, 1.54) is 18.2 Å². The van der Waals surface area contributed by atoms with E-state index in [1.807, 2.05) is 30.3 Å². The van der Waals surface area contributed by atoms with Gasteiger partial charge in [0, 0.05) is 11.3 Å². The number of hydrogen-bond donors (Lipinski definition) is 3. The fourth-order valence-corrected chi connectivity index (χ4v) is 2.80. The number of para-hydroxylation sites is 1. The maximum atomic E-state index is 14.1. The molecule has 29 heavy (non-hydrogen) atoms. The monoisotopic (exact) mass is 393 g/mol. The van der Waals surface area contributed by atoms with E-state index >= 15 is 0 Å². The molecule has 3 aromatic rings. The molecule has 4 N–H and O–H groups in total. The number of benzene rings is 3. The number of primary amides is 1. The number of urea groups is 1. The van der Waals surface area contributed by atoms with Gasteiger partial charge in [-0.3, -0.25) is 4.79 Å². The molecule has 3 amide bonds. The van der Waals surface area contributed by atoms with Crippen molar-refractivity contribution in [2.45, 2.75) is 12.5 Å². The minimum Gasteiger partial charge on any atom is -0.457 e. The zero-order valence-corrected chi connectivity index (χ0v) is 15.5. The van der Waals surface area contributed by atoms with E-state index in [-0.39, 0.29) is 12.0 Å². The number of carbonyl (C=O) groups excluding carboxylic acids is 2. The summed E-state index contributed by atoms with van der Waals surface area (Å²) >= 11 is 0. The molecule has 0 fully saturated rings. The van der Waals surface area contributed by atoms with Gasteiger partial charge in [-0.05, 0) is 42.5 Å². The summed E-state index contributed by atoms with van der Waals surface area (Å²) in [4.78, 5) is 23.7. The van der Waals surface area contributed by atoms with Crippen molar-refractivity contribution in [3.05, 3.63) is 90.2 Å². The van der Waals surface area contributed by atoms with Crippen LogP contribution in [0.2, 0.25) is 0 Å². The second-order valence-corrected chi connectivity index (χ2v) is 6.27. The molecule has 1 atom stereocenters. The molecule has 0 radical (unpaired) electrons. The zero-order chi connectivity index (χ0) is 20.6. The van der Waals surface area contributed by atoms with Gasteiger partial charge < -0.3 is 21.1 Å². The van der Waals surface area contributed by atoms with Gasteiger partial charge >= 0.3 is 6.03 Å². The highest BCUT2D eigenvalue weighted by Crippen LogP contribution is 2.24.